The van der Waals surface area contributed by atoms with E-state index in [1.54, 1.807) is 10.6 Å². The van der Waals surface area contributed by atoms with E-state index < -0.39 is 0 Å². The lowest BCUT2D eigenvalue weighted by Gasteiger charge is -2.07. The molecule has 0 saturated heterocycles. The largest absolute Gasteiger partial charge is 0.492 e. The summed E-state index contributed by atoms with van der Waals surface area (Å²) in [6, 6.07) is 5.42. The van der Waals surface area contributed by atoms with Crippen molar-refractivity contribution < 1.29 is 4.74 Å². The van der Waals surface area contributed by atoms with Crippen LogP contribution in [-0.2, 0) is 13.0 Å². The zero-order valence-corrected chi connectivity index (χ0v) is 10.1. The van der Waals surface area contributed by atoms with E-state index in [1.165, 1.54) is 0 Å². The molecule has 5 heteroatoms. The molecule has 2 aromatic rings. The molecule has 0 atom stereocenters. The van der Waals surface area contributed by atoms with E-state index >= 15 is 0 Å². The Morgan fingerprint density at radius 1 is 1.44 bits per heavy atom. The van der Waals surface area contributed by atoms with Gasteiger partial charge in [0, 0.05) is 19.5 Å². The predicted octanol–water partition coefficient (Wildman–Crippen LogP) is 0.680. The van der Waals surface area contributed by atoms with Crippen molar-refractivity contribution in [1.82, 2.24) is 9.55 Å². The maximum atomic E-state index is 12.3. The van der Waals surface area contributed by atoms with Crippen LogP contribution in [0.1, 0.15) is 12.2 Å². The minimum absolute atomic E-state index is 0.0331. The van der Waals surface area contributed by atoms with Gasteiger partial charge in [0.1, 0.15) is 18.2 Å². The van der Waals surface area contributed by atoms with Crippen LogP contribution >= 0.6 is 0 Å². The van der Waals surface area contributed by atoms with Crippen molar-refractivity contribution in [3.05, 3.63) is 34.4 Å². The van der Waals surface area contributed by atoms with Gasteiger partial charge in [-0.05, 0) is 24.6 Å². The minimum Gasteiger partial charge on any atom is -0.492 e. The van der Waals surface area contributed by atoms with Crippen LogP contribution in [-0.4, -0.2) is 22.7 Å². The van der Waals surface area contributed by atoms with Crippen molar-refractivity contribution >= 4 is 10.9 Å². The Balaban J connectivity index is 2.13. The number of benzene rings is 1. The summed E-state index contributed by atoms with van der Waals surface area (Å²) in [5.41, 5.74) is 6.17. The molecule has 0 radical (unpaired) electrons. The lowest BCUT2D eigenvalue weighted by atomic mass is 10.2. The number of aromatic nitrogens is 2. The molecule has 0 fully saturated rings. The highest BCUT2D eigenvalue weighted by atomic mass is 16.5. The number of fused-ring (bicyclic) bond motifs is 2. The van der Waals surface area contributed by atoms with Gasteiger partial charge in [-0.2, -0.15) is 0 Å². The second-order valence-electron chi connectivity index (χ2n) is 4.40. The fourth-order valence-electron chi connectivity index (χ4n) is 2.33. The average Bonchev–Trinajstić information content (AvgIpc) is 2.85. The second-order valence-corrected chi connectivity index (χ2v) is 4.40. The van der Waals surface area contributed by atoms with E-state index in [9.17, 15) is 4.79 Å². The molecule has 1 aromatic carbocycles. The van der Waals surface area contributed by atoms with Gasteiger partial charge in [0.25, 0.3) is 5.56 Å². The maximum absolute atomic E-state index is 12.3. The molecule has 2 heterocycles. The van der Waals surface area contributed by atoms with E-state index in [0.717, 1.165) is 30.7 Å². The fraction of sp³-hybridized carbons (Fsp3) is 0.385. The van der Waals surface area contributed by atoms with Crippen LogP contribution in [0.5, 0.6) is 5.75 Å². The van der Waals surface area contributed by atoms with Crippen molar-refractivity contribution in [2.24, 2.45) is 5.73 Å². The lowest BCUT2D eigenvalue weighted by Crippen LogP contribution is -2.21. The molecular weight excluding hydrogens is 230 g/mol. The smallest absolute Gasteiger partial charge is 0.261 e. The molecule has 1 aromatic heterocycles. The topological polar surface area (TPSA) is 70.1 Å². The molecule has 0 unspecified atom stereocenters. The number of hydrogen-bond acceptors (Lipinski definition) is 4. The normalized spacial score (nSPS) is 13.8. The highest BCUT2D eigenvalue weighted by Gasteiger charge is 2.16. The van der Waals surface area contributed by atoms with Crippen molar-refractivity contribution in [2.45, 2.75) is 19.4 Å². The number of nitrogens with zero attached hydrogens (tertiary/aromatic N) is 2. The van der Waals surface area contributed by atoms with E-state index in [2.05, 4.69) is 4.98 Å². The zero-order valence-electron chi connectivity index (χ0n) is 10.1. The molecule has 3 rings (SSSR count). The summed E-state index contributed by atoms with van der Waals surface area (Å²) in [5.74, 6) is 1.56. The van der Waals surface area contributed by atoms with Gasteiger partial charge in [-0.3, -0.25) is 9.36 Å². The van der Waals surface area contributed by atoms with Gasteiger partial charge < -0.3 is 10.5 Å². The molecule has 5 nitrogen and oxygen atoms in total. The third-order valence-electron chi connectivity index (χ3n) is 3.17. The summed E-state index contributed by atoms with van der Waals surface area (Å²) >= 11 is 0. The molecule has 1 aliphatic heterocycles. The summed E-state index contributed by atoms with van der Waals surface area (Å²) in [5, 5.41) is 0.621. The van der Waals surface area contributed by atoms with Crippen LogP contribution in [0.15, 0.2) is 23.0 Å². The van der Waals surface area contributed by atoms with E-state index in [-0.39, 0.29) is 5.56 Å². The summed E-state index contributed by atoms with van der Waals surface area (Å²) in [7, 11) is 0. The molecule has 0 saturated carbocycles. The third kappa shape index (κ3) is 1.76. The van der Waals surface area contributed by atoms with Gasteiger partial charge in [-0.15, -0.1) is 0 Å². The van der Waals surface area contributed by atoms with Crippen LogP contribution in [0, 0.1) is 0 Å². The monoisotopic (exact) mass is 245 g/mol. The maximum Gasteiger partial charge on any atom is 0.261 e. The van der Waals surface area contributed by atoms with Gasteiger partial charge in [-0.25, -0.2) is 4.98 Å². The van der Waals surface area contributed by atoms with E-state index in [1.807, 2.05) is 12.1 Å². The van der Waals surface area contributed by atoms with Crippen molar-refractivity contribution in [1.29, 1.82) is 0 Å². The van der Waals surface area contributed by atoms with Crippen molar-refractivity contribution in [3.63, 3.8) is 0 Å². The first-order valence-corrected chi connectivity index (χ1v) is 6.16. The molecule has 0 aliphatic carbocycles. The van der Waals surface area contributed by atoms with Gasteiger partial charge >= 0.3 is 0 Å². The lowest BCUT2D eigenvalue weighted by molar-refractivity contribution is 0.328. The van der Waals surface area contributed by atoms with Gasteiger partial charge in [-0.1, -0.05) is 0 Å². The number of ether oxygens (including phenoxy) is 1. The zero-order chi connectivity index (χ0) is 12.5. The molecule has 18 heavy (non-hydrogen) atoms. The molecule has 94 valence electrons. The highest BCUT2D eigenvalue weighted by Crippen LogP contribution is 2.19. The number of aryl methyl sites for hydroxylation is 1. The Hall–Kier alpha value is -1.88. The Kier molecular flexibility index (Phi) is 2.76. The van der Waals surface area contributed by atoms with Crippen LogP contribution in [0.4, 0.5) is 0 Å². The quantitative estimate of drug-likeness (QED) is 0.863. The fourth-order valence-corrected chi connectivity index (χ4v) is 2.33. The number of rotatable bonds is 3. The first-order chi connectivity index (χ1) is 8.79. The summed E-state index contributed by atoms with van der Waals surface area (Å²) in [6.45, 7) is 1.68. The SMILES string of the molecule is NCCOc1ccc2nc3n(c(=O)c2c1)CCC3. The summed E-state index contributed by atoms with van der Waals surface area (Å²) in [4.78, 5) is 16.8. The summed E-state index contributed by atoms with van der Waals surface area (Å²) in [6.07, 6.45) is 1.88. The van der Waals surface area contributed by atoms with Gasteiger partial charge in [0.05, 0.1) is 10.9 Å². The minimum atomic E-state index is 0.0331. The number of hydrogen-bond donors (Lipinski definition) is 1. The Morgan fingerprint density at radius 2 is 2.33 bits per heavy atom. The Bertz CT molecular complexity index is 648. The van der Waals surface area contributed by atoms with Crippen LogP contribution in [0.25, 0.3) is 10.9 Å². The molecule has 1 aliphatic rings. The van der Waals surface area contributed by atoms with Crippen molar-refractivity contribution in [2.75, 3.05) is 13.2 Å². The Morgan fingerprint density at radius 3 is 3.17 bits per heavy atom. The van der Waals surface area contributed by atoms with E-state index in [0.29, 0.717) is 24.3 Å². The molecule has 2 N–H and O–H groups in total. The second kappa shape index (κ2) is 4.42. The predicted molar refractivity (Wildman–Crippen MR) is 68.9 cm³/mol. The average molecular weight is 245 g/mol. The standard InChI is InChI=1S/C13H15N3O2/c14-5-7-18-9-3-4-11-10(8-9)13(17)16-6-1-2-12(16)15-11/h3-4,8H,1-2,5-7,14H2. The van der Waals surface area contributed by atoms with E-state index in [4.69, 9.17) is 10.5 Å². The highest BCUT2D eigenvalue weighted by molar-refractivity contribution is 5.79. The first kappa shape index (κ1) is 11.2. The van der Waals surface area contributed by atoms with Crippen LogP contribution < -0.4 is 16.0 Å². The number of nitrogens with two attached hydrogens (primary N) is 1. The van der Waals surface area contributed by atoms with Crippen LogP contribution in [0.3, 0.4) is 0 Å². The molecule has 0 spiro atoms. The van der Waals surface area contributed by atoms with Gasteiger partial charge in [0.2, 0.25) is 0 Å². The molecular formula is C13H15N3O2. The molecule has 0 bridgehead atoms. The molecule has 0 amide bonds. The summed E-state index contributed by atoms with van der Waals surface area (Å²) < 4.78 is 7.20. The Labute approximate surface area is 104 Å². The van der Waals surface area contributed by atoms with Crippen LogP contribution in [0.2, 0.25) is 0 Å². The first-order valence-electron chi connectivity index (χ1n) is 6.16. The van der Waals surface area contributed by atoms with Crippen molar-refractivity contribution in [3.8, 4) is 5.75 Å². The van der Waals surface area contributed by atoms with Gasteiger partial charge in [0.15, 0.2) is 0 Å². The third-order valence-corrected chi connectivity index (χ3v) is 3.17.